The summed E-state index contributed by atoms with van der Waals surface area (Å²) in [7, 11) is 0. The lowest BCUT2D eigenvalue weighted by atomic mass is 10.3. The van der Waals surface area contributed by atoms with Crippen molar-refractivity contribution in [3.05, 3.63) is 44.5 Å². The maximum Gasteiger partial charge on any atom is 0.346 e. The third kappa shape index (κ3) is 6.89. The van der Waals surface area contributed by atoms with Crippen LogP contribution in [0, 0.1) is 20.2 Å². The third-order valence-electron chi connectivity index (χ3n) is 1.28. The summed E-state index contributed by atoms with van der Waals surface area (Å²) in [6.45, 7) is 1.93. The Hall–Kier alpha value is -2.10. The molecule has 0 spiro atoms. The van der Waals surface area contributed by atoms with Crippen LogP contribution in [0.3, 0.4) is 0 Å². The lowest BCUT2D eigenvalue weighted by Gasteiger charge is -1.91. The van der Waals surface area contributed by atoms with Gasteiger partial charge < -0.3 is 5.11 Å². The van der Waals surface area contributed by atoms with Gasteiger partial charge in [-0.05, 0) is 6.92 Å². The van der Waals surface area contributed by atoms with E-state index < -0.39 is 21.2 Å². The predicted octanol–water partition coefficient (Wildman–Crippen LogP) is 0.320. The lowest BCUT2D eigenvalue weighted by Crippen LogP contribution is -2.02. The number of nitrogens with two attached hydrogens (primary N) is 2. The van der Waals surface area contributed by atoms with Crippen molar-refractivity contribution in [1.82, 2.24) is 0 Å². The molecule has 96 valence electrons. The molecule has 0 saturated heterocycles. The first kappa shape index (κ1) is 17.3. The van der Waals surface area contributed by atoms with Crippen molar-refractivity contribution in [3.63, 3.8) is 0 Å². The van der Waals surface area contributed by atoms with Gasteiger partial charge in [-0.2, -0.15) is 0 Å². The monoisotopic (exact) mass is 246 g/mol. The molecule has 9 heteroatoms. The summed E-state index contributed by atoms with van der Waals surface area (Å²) in [5.74, 6) is 8.00. The number of hydrogen-bond acceptors (Lipinski definition) is 7. The maximum absolute atomic E-state index is 10.2. The molecule has 0 amide bonds. The summed E-state index contributed by atoms with van der Waals surface area (Å²) in [5.41, 5.74) is -0.968. The normalized spacial score (nSPS) is 8.00. The zero-order valence-electron chi connectivity index (χ0n) is 9.15. The minimum absolute atomic E-state index is 0.250. The summed E-state index contributed by atoms with van der Waals surface area (Å²) in [4.78, 5) is 18.9. The average Bonchev–Trinajstić information content (AvgIpc) is 2.32. The van der Waals surface area contributed by atoms with Gasteiger partial charge in [-0.15, -0.1) is 0 Å². The predicted molar refractivity (Wildman–Crippen MR) is 60.9 cm³/mol. The van der Waals surface area contributed by atoms with Crippen LogP contribution in [0.4, 0.5) is 11.4 Å². The third-order valence-corrected chi connectivity index (χ3v) is 1.28. The summed E-state index contributed by atoms with van der Waals surface area (Å²) in [6.07, 6.45) is 0. The van der Waals surface area contributed by atoms with Crippen LogP contribution in [0.1, 0.15) is 6.92 Å². The molecule has 0 aliphatic carbocycles. The smallest absolute Gasteiger partial charge is 0.346 e. The molecule has 17 heavy (non-hydrogen) atoms. The van der Waals surface area contributed by atoms with Crippen molar-refractivity contribution in [3.8, 4) is 0 Å². The van der Waals surface area contributed by atoms with E-state index in [2.05, 4.69) is 11.7 Å². The molecule has 9 nitrogen and oxygen atoms in total. The van der Waals surface area contributed by atoms with Crippen molar-refractivity contribution in [1.29, 1.82) is 0 Å². The van der Waals surface area contributed by atoms with E-state index in [1.807, 2.05) is 0 Å². The van der Waals surface area contributed by atoms with Crippen molar-refractivity contribution in [2.24, 2.45) is 11.7 Å². The average molecular weight is 246 g/mol. The van der Waals surface area contributed by atoms with Crippen molar-refractivity contribution < 1.29 is 15.0 Å². The highest BCUT2D eigenvalue weighted by atomic mass is 16.6. The van der Waals surface area contributed by atoms with Gasteiger partial charge in [-0.1, -0.05) is 12.1 Å². The Morgan fingerprint density at radius 1 is 1.12 bits per heavy atom. The Morgan fingerprint density at radius 3 is 1.53 bits per heavy atom. The van der Waals surface area contributed by atoms with Crippen molar-refractivity contribution >= 4 is 11.4 Å². The van der Waals surface area contributed by atoms with Crippen LogP contribution < -0.4 is 11.7 Å². The van der Waals surface area contributed by atoms with Gasteiger partial charge in [0.05, 0.1) is 9.85 Å². The van der Waals surface area contributed by atoms with Gasteiger partial charge in [-0.3, -0.25) is 31.9 Å². The number of rotatable bonds is 2. The van der Waals surface area contributed by atoms with Gasteiger partial charge in [0.1, 0.15) is 0 Å². The number of nitro groups is 2. The van der Waals surface area contributed by atoms with Crippen LogP contribution in [0.5, 0.6) is 0 Å². The molecule has 0 radical (unpaired) electrons. The first-order chi connectivity index (χ1) is 8.04. The van der Waals surface area contributed by atoms with Crippen LogP contribution in [0.2, 0.25) is 0 Å². The molecule has 0 bridgehead atoms. The van der Waals surface area contributed by atoms with Crippen molar-refractivity contribution in [2.75, 3.05) is 6.61 Å². The molecule has 1 aromatic rings. The number of hydrogen-bond donors (Lipinski definition) is 3. The summed E-state index contributed by atoms with van der Waals surface area (Å²) in [6, 6.07) is 4.95. The van der Waals surface area contributed by atoms with E-state index >= 15 is 0 Å². The second kappa shape index (κ2) is 10.4. The Morgan fingerprint density at radius 2 is 1.35 bits per heavy atom. The molecular formula is C8H14N4O5. The Bertz CT molecular complexity index is 325. The van der Waals surface area contributed by atoms with Crippen molar-refractivity contribution in [2.45, 2.75) is 6.92 Å². The van der Waals surface area contributed by atoms with Gasteiger partial charge in [-0.25, -0.2) is 0 Å². The van der Waals surface area contributed by atoms with E-state index in [4.69, 9.17) is 5.11 Å². The fraction of sp³-hybridized carbons (Fsp3) is 0.250. The zero-order valence-corrected chi connectivity index (χ0v) is 9.15. The first-order valence-electron chi connectivity index (χ1n) is 4.36. The maximum atomic E-state index is 10.2. The van der Waals surface area contributed by atoms with Crippen LogP contribution in [0.25, 0.3) is 0 Å². The highest BCUT2D eigenvalue weighted by Crippen LogP contribution is 2.24. The molecule has 0 unspecified atom stereocenters. The van der Waals surface area contributed by atoms with Gasteiger partial charge in [0.2, 0.25) is 0 Å². The van der Waals surface area contributed by atoms with Crippen LogP contribution in [-0.2, 0) is 0 Å². The van der Waals surface area contributed by atoms with Gasteiger partial charge in [0.25, 0.3) is 0 Å². The molecule has 0 saturated carbocycles. The number of nitro benzene ring substituents is 2. The van der Waals surface area contributed by atoms with E-state index in [0.717, 1.165) is 12.1 Å². The van der Waals surface area contributed by atoms with Gasteiger partial charge in [0.15, 0.2) is 0 Å². The summed E-state index contributed by atoms with van der Waals surface area (Å²) in [5, 5.41) is 28.0. The SMILES string of the molecule is CCO.NN.O=[N+]([O-])c1ccccc1[N+](=O)[O-]. The van der Waals surface area contributed by atoms with Gasteiger partial charge >= 0.3 is 11.4 Å². The molecule has 0 atom stereocenters. The van der Waals surface area contributed by atoms with Crippen LogP contribution in [0.15, 0.2) is 24.3 Å². The second-order valence-electron chi connectivity index (χ2n) is 2.32. The molecule has 1 aromatic carbocycles. The number of para-hydroxylation sites is 2. The van der Waals surface area contributed by atoms with E-state index in [1.165, 1.54) is 12.1 Å². The first-order valence-corrected chi connectivity index (χ1v) is 4.36. The fourth-order valence-corrected chi connectivity index (χ4v) is 0.773. The molecule has 1 rings (SSSR count). The number of hydrazine groups is 1. The van der Waals surface area contributed by atoms with E-state index in [9.17, 15) is 20.2 Å². The summed E-state index contributed by atoms with van der Waals surface area (Å²) >= 11 is 0. The number of aliphatic hydroxyl groups excluding tert-OH is 1. The topological polar surface area (TPSA) is 159 Å². The molecule has 5 N–H and O–H groups in total. The number of aliphatic hydroxyl groups is 1. The second-order valence-corrected chi connectivity index (χ2v) is 2.32. The molecule has 0 aliphatic heterocycles. The highest BCUT2D eigenvalue weighted by molar-refractivity contribution is 5.51. The molecule has 0 aromatic heterocycles. The largest absolute Gasteiger partial charge is 0.397 e. The van der Waals surface area contributed by atoms with Crippen LogP contribution >= 0.6 is 0 Å². The number of nitrogens with zero attached hydrogens (tertiary/aromatic N) is 2. The molecule has 0 fully saturated rings. The zero-order chi connectivity index (χ0) is 13.8. The molecular weight excluding hydrogens is 232 g/mol. The van der Waals surface area contributed by atoms with Gasteiger partial charge in [0, 0.05) is 18.7 Å². The van der Waals surface area contributed by atoms with E-state index in [-0.39, 0.29) is 6.61 Å². The highest BCUT2D eigenvalue weighted by Gasteiger charge is 2.21. The molecule has 0 aliphatic rings. The Labute approximate surface area is 96.9 Å². The minimum Gasteiger partial charge on any atom is -0.397 e. The van der Waals surface area contributed by atoms with E-state index in [0.29, 0.717) is 0 Å². The lowest BCUT2D eigenvalue weighted by molar-refractivity contribution is -0.422. The Kier molecular flexibility index (Phi) is 10.6. The van der Waals surface area contributed by atoms with Crippen LogP contribution in [-0.4, -0.2) is 21.6 Å². The Balaban J connectivity index is 0. The quantitative estimate of drug-likeness (QED) is 0.384. The standard InChI is InChI=1S/C6H4N2O4.C2H6O.H4N2/c9-7(10)5-3-1-2-4-6(5)8(11)12;1-2-3;1-2/h1-4H;3H,2H2,1H3;1-2H2. The number of benzene rings is 1. The fourth-order valence-electron chi connectivity index (χ4n) is 0.773. The minimum atomic E-state index is -0.780. The van der Waals surface area contributed by atoms with E-state index in [1.54, 1.807) is 6.92 Å². The summed E-state index contributed by atoms with van der Waals surface area (Å²) < 4.78 is 0. The molecule has 0 heterocycles.